The van der Waals surface area contributed by atoms with Crippen molar-refractivity contribution in [1.29, 1.82) is 0 Å². The Hall–Kier alpha value is -1.18. The van der Waals surface area contributed by atoms with Crippen LogP contribution in [0.2, 0.25) is 0 Å². The molecule has 1 saturated heterocycles. The highest BCUT2D eigenvalue weighted by atomic mass is 16.5. The maximum atomic E-state index is 11.7. The lowest BCUT2D eigenvalue weighted by molar-refractivity contribution is -0.122. The summed E-state index contributed by atoms with van der Waals surface area (Å²) in [4.78, 5) is 22.9. The quantitative estimate of drug-likeness (QED) is 0.533. The van der Waals surface area contributed by atoms with Gasteiger partial charge in [0, 0.05) is 39.1 Å². The first-order chi connectivity index (χ1) is 8.97. The molecular formula is C12H23N3O4. The zero-order chi connectivity index (χ0) is 14.3. The van der Waals surface area contributed by atoms with Gasteiger partial charge in [-0.2, -0.15) is 0 Å². The monoisotopic (exact) mass is 273 g/mol. The van der Waals surface area contributed by atoms with Gasteiger partial charge in [-0.1, -0.05) is 0 Å². The molecule has 1 heterocycles. The van der Waals surface area contributed by atoms with Crippen LogP contribution in [-0.4, -0.2) is 55.0 Å². The first-order valence-electron chi connectivity index (χ1n) is 6.59. The van der Waals surface area contributed by atoms with Crippen molar-refractivity contribution in [3.63, 3.8) is 0 Å². The van der Waals surface area contributed by atoms with Crippen LogP contribution in [0.3, 0.4) is 0 Å². The average molecular weight is 273 g/mol. The van der Waals surface area contributed by atoms with Gasteiger partial charge >= 0.3 is 6.03 Å². The molecule has 1 fully saturated rings. The highest BCUT2D eigenvalue weighted by Gasteiger charge is 2.30. The van der Waals surface area contributed by atoms with E-state index in [1.807, 2.05) is 0 Å². The zero-order valence-electron chi connectivity index (χ0n) is 11.5. The Morgan fingerprint density at radius 1 is 1.37 bits per heavy atom. The normalized spacial score (nSPS) is 19.5. The van der Waals surface area contributed by atoms with Crippen LogP contribution in [0.4, 0.5) is 4.79 Å². The second-order valence-corrected chi connectivity index (χ2v) is 4.79. The summed E-state index contributed by atoms with van der Waals surface area (Å²) < 4.78 is 5.18. The van der Waals surface area contributed by atoms with E-state index in [0.29, 0.717) is 39.1 Å². The second-order valence-electron chi connectivity index (χ2n) is 4.79. The Morgan fingerprint density at radius 3 is 2.58 bits per heavy atom. The van der Waals surface area contributed by atoms with E-state index >= 15 is 0 Å². The van der Waals surface area contributed by atoms with Gasteiger partial charge in [-0.25, -0.2) is 4.79 Å². The highest BCUT2D eigenvalue weighted by Crippen LogP contribution is 2.19. The predicted octanol–water partition coefficient (Wildman–Crippen LogP) is -0.648. The molecule has 0 bridgehead atoms. The Labute approximate surface area is 113 Å². The minimum Gasteiger partial charge on any atom is -0.388 e. The highest BCUT2D eigenvalue weighted by molar-refractivity contribution is 5.96. The number of carbonyl (C=O) groups is 2. The minimum atomic E-state index is -0.835. The number of aliphatic hydroxyl groups is 1. The number of hydrogen-bond acceptors (Lipinski definition) is 5. The van der Waals surface area contributed by atoms with E-state index in [1.54, 1.807) is 13.8 Å². The fraction of sp³-hybridized carbons (Fsp3) is 0.833. The Balaban J connectivity index is 2.31. The molecule has 1 atom stereocenters. The van der Waals surface area contributed by atoms with Crippen LogP contribution in [0, 0.1) is 0 Å². The Morgan fingerprint density at radius 2 is 2.00 bits per heavy atom. The van der Waals surface area contributed by atoms with Gasteiger partial charge in [0.1, 0.15) is 0 Å². The van der Waals surface area contributed by atoms with E-state index in [0.717, 1.165) is 0 Å². The number of urea groups is 1. The molecular weight excluding hydrogens is 250 g/mol. The third kappa shape index (κ3) is 5.54. The zero-order valence-corrected chi connectivity index (χ0v) is 11.5. The Kier molecular flexibility index (Phi) is 6.20. The number of hydrogen-bond donors (Lipinski definition) is 4. The number of ether oxygens (including phenoxy) is 1. The molecule has 4 N–H and O–H groups in total. The molecule has 1 aliphatic rings. The molecule has 1 rings (SSSR count). The molecule has 0 aliphatic carbocycles. The molecule has 1 aliphatic heterocycles. The summed E-state index contributed by atoms with van der Waals surface area (Å²) in [6.07, 6.45) is 1.09. The summed E-state index contributed by atoms with van der Waals surface area (Å²) in [5, 5.41) is 17.9. The van der Waals surface area contributed by atoms with Crippen LogP contribution in [0.15, 0.2) is 0 Å². The maximum Gasteiger partial charge on any atom is 0.321 e. The van der Waals surface area contributed by atoms with Gasteiger partial charge in [0.05, 0.1) is 11.6 Å². The van der Waals surface area contributed by atoms with E-state index in [4.69, 9.17) is 4.74 Å². The summed E-state index contributed by atoms with van der Waals surface area (Å²) in [5.41, 5.74) is -0.835. The summed E-state index contributed by atoms with van der Waals surface area (Å²) >= 11 is 0. The van der Waals surface area contributed by atoms with Crippen LogP contribution in [0.1, 0.15) is 26.7 Å². The van der Waals surface area contributed by atoms with Gasteiger partial charge in [-0.3, -0.25) is 10.1 Å². The standard InChI is InChI=1S/C12H23N3O4/c1-3-13-11(17)15-10(16)9(2)14-8-12(18)4-6-19-7-5-12/h9,14,18H,3-8H2,1-2H3,(H2,13,15,16,17). The lowest BCUT2D eigenvalue weighted by Gasteiger charge is -2.33. The average Bonchev–Trinajstić information content (AvgIpc) is 2.37. The molecule has 0 aromatic heterocycles. The topological polar surface area (TPSA) is 99.7 Å². The third-order valence-corrected chi connectivity index (χ3v) is 3.13. The first-order valence-corrected chi connectivity index (χ1v) is 6.59. The molecule has 0 aromatic carbocycles. The third-order valence-electron chi connectivity index (χ3n) is 3.13. The van der Waals surface area contributed by atoms with Gasteiger partial charge in [-0.15, -0.1) is 0 Å². The van der Waals surface area contributed by atoms with Gasteiger partial charge in [0.15, 0.2) is 0 Å². The summed E-state index contributed by atoms with van der Waals surface area (Å²) in [6.45, 7) is 5.24. The molecule has 0 saturated carbocycles. The molecule has 0 spiro atoms. The van der Waals surface area contributed by atoms with E-state index in [9.17, 15) is 14.7 Å². The summed E-state index contributed by atoms with van der Waals surface area (Å²) in [5.74, 6) is -0.415. The fourth-order valence-electron chi connectivity index (χ4n) is 1.79. The molecule has 19 heavy (non-hydrogen) atoms. The number of rotatable bonds is 5. The summed E-state index contributed by atoms with van der Waals surface area (Å²) in [7, 11) is 0. The van der Waals surface area contributed by atoms with Gasteiger partial charge in [0.2, 0.25) is 5.91 Å². The van der Waals surface area contributed by atoms with Gasteiger partial charge in [-0.05, 0) is 13.8 Å². The number of carbonyl (C=O) groups excluding carboxylic acids is 2. The molecule has 0 radical (unpaired) electrons. The Bertz CT molecular complexity index is 316. The lowest BCUT2D eigenvalue weighted by atomic mass is 9.94. The van der Waals surface area contributed by atoms with Crippen molar-refractivity contribution in [2.75, 3.05) is 26.3 Å². The van der Waals surface area contributed by atoms with Gasteiger partial charge < -0.3 is 20.5 Å². The fourth-order valence-corrected chi connectivity index (χ4v) is 1.79. The number of imide groups is 1. The van der Waals surface area contributed by atoms with Crippen molar-refractivity contribution in [3.8, 4) is 0 Å². The predicted molar refractivity (Wildman–Crippen MR) is 69.7 cm³/mol. The molecule has 3 amide bonds. The van der Waals surface area contributed by atoms with Crippen LogP contribution < -0.4 is 16.0 Å². The molecule has 110 valence electrons. The van der Waals surface area contributed by atoms with Crippen molar-refractivity contribution < 1.29 is 19.4 Å². The van der Waals surface area contributed by atoms with E-state index < -0.39 is 23.6 Å². The van der Waals surface area contributed by atoms with E-state index in [-0.39, 0.29) is 0 Å². The van der Waals surface area contributed by atoms with Gasteiger partial charge in [0.25, 0.3) is 0 Å². The molecule has 7 nitrogen and oxygen atoms in total. The summed E-state index contributed by atoms with van der Waals surface area (Å²) in [6, 6.07) is -1.06. The van der Waals surface area contributed by atoms with Crippen LogP contribution in [0.25, 0.3) is 0 Å². The minimum absolute atomic E-state index is 0.306. The van der Waals surface area contributed by atoms with Crippen molar-refractivity contribution >= 4 is 11.9 Å². The van der Waals surface area contributed by atoms with Crippen LogP contribution in [-0.2, 0) is 9.53 Å². The largest absolute Gasteiger partial charge is 0.388 e. The van der Waals surface area contributed by atoms with Crippen molar-refractivity contribution in [2.45, 2.75) is 38.3 Å². The smallest absolute Gasteiger partial charge is 0.321 e. The van der Waals surface area contributed by atoms with Crippen LogP contribution >= 0.6 is 0 Å². The SMILES string of the molecule is CCNC(=O)NC(=O)C(C)NCC1(O)CCOCC1. The van der Waals surface area contributed by atoms with Crippen molar-refractivity contribution in [1.82, 2.24) is 16.0 Å². The van der Waals surface area contributed by atoms with E-state index in [2.05, 4.69) is 16.0 Å². The van der Waals surface area contributed by atoms with Crippen molar-refractivity contribution in [3.05, 3.63) is 0 Å². The number of amides is 3. The first kappa shape index (κ1) is 15.9. The molecule has 0 aromatic rings. The lowest BCUT2D eigenvalue weighted by Crippen LogP contribution is -2.52. The van der Waals surface area contributed by atoms with Crippen molar-refractivity contribution in [2.24, 2.45) is 0 Å². The number of nitrogens with one attached hydrogen (secondary N) is 3. The van der Waals surface area contributed by atoms with Crippen LogP contribution in [0.5, 0.6) is 0 Å². The molecule has 7 heteroatoms. The maximum absolute atomic E-state index is 11.7. The van der Waals surface area contributed by atoms with E-state index in [1.165, 1.54) is 0 Å². The molecule has 1 unspecified atom stereocenters. The second kappa shape index (κ2) is 7.42.